The summed E-state index contributed by atoms with van der Waals surface area (Å²) >= 11 is 0. The summed E-state index contributed by atoms with van der Waals surface area (Å²) in [4.78, 5) is 0. The molecule has 0 saturated heterocycles. The Morgan fingerprint density at radius 3 is 2.44 bits per heavy atom. The maximum atomic E-state index is 13.0. The van der Waals surface area contributed by atoms with Crippen molar-refractivity contribution < 1.29 is 13.2 Å². The molecule has 4 heteroatoms. The van der Waals surface area contributed by atoms with Gasteiger partial charge in [-0.05, 0) is 45.6 Å². The van der Waals surface area contributed by atoms with E-state index in [0.29, 0.717) is 19.3 Å². The molecule has 0 spiro atoms. The Hall–Kier alpha value is -0.510. The maximum absolute atomic E-state index is 13.0. The predicted molar refractivity (Wildman–Crippen MR) is 68.4 cm³/mol. The van der Waals surface area contributed by atoms with Crippen LogP contribution in [-0.2, 0) is 0 Å². The van der Waals surface area contributed by atoms with Gasteiger partial charge in [0.1, 0.15) is 0 Å². The second kappa shape index (κ2) is 6.60. The average Bonchev–Trinajstić information content (AvgIpc) is 2.29. The summed E-state index contributed by atoms with van der Waals surface area (Å²) in [5.41, 5.74) is 1.04. The van der Waals surface area contributed by atoms with Gasteiger partial charge in [-0.1, -0.05) is 18.4 Å². The Labute approximate surface area is 108 Å². The molecule has 1 saturated carbocycles. The third-order valence-electron chi connectivity index (χ3n) is 4.01. The highest BCUT2D eigenvalue weighted by molar-refractivity contribution is 4.93. The maximum Gasteiger partial charge on any atom is 0.392 e. The molecular weight excluding hydrogens is 239 g/mol. The van der Waals surface area contributed by atoms with Gasteiger partial charge in [-0.15, -0.1) is 6.58 Å². The number of halogens is 3. The van der Waals surface area contributed by atoms with Gasteiger partial charge in [-0.2, -0.15) is 13.2 Å². The molecule has 1 aliphatic rings. The van der Waals surface area contributed by atoms with Crippen LogP contribution in [0.25, 0.3) is 0 Å². The van der Waals surface area contributed by atoms with E-state index in [2.05, 4.69) is 11.9 Å². The minimum Gasteiger partial charge on any atom is -0.317 e. The minimum absolute atomic E-state index is 0.0476. The van der Waals surface area contributed by atoms with E-state index in [0.717, 1.165) is 24.8 Å². The highest BCUT2D eigenvalue weighted by Gasteiger charge is 2.47. The lowest BCUT2D eigenvalue weighted by Crippen LogP contribution is -2.44. The van der Waals surface area contributed by atoms with Crippen LogP contribution in [0, 0.1) is 11.8 Å². The highest BCUT2D eigenvalue weighted by atomic mass is 19.4. The third-order valence-corrected chi connectivity index (χ3v) is 4.01. The molecule has 1 nitrogen and oxygen atoms in total. The van der Waals surface area contributed by atoms with Crippen molar-refractivity contribution in [3.05, 3.63) is 12.2 Å². The summed E-state index contributed by atoms with van der Waals surface area (Å²) in [5, 5.41) is 3.09. The van der Waals surface area contributed by atoms with Gasteiger partial charge in [0, 0.05) is 6.04 Å². The normalized spacial score (nSPS) is 26.9. The van der Waals surface area contributed by atoms with Crippen LogP contribution in [0.1, 0.15) is 45.4 Å². The van der Waals surface area contributed by atoms with Crippen LogP contribution in [0.5, 0.6) is 0 Å². The number of hydrogen-bond acceptors (Lipinski definition) is 1. The molecule has 1 rings (SSSR count). The van der Waals surface area contributed by atoms with E-state index >= 15 is 0 Å². The van der Waals surface area contributed by atoms with Crippen LogP contribution in [0.4, 0.5) is 13.2 Å². The van der Waals surface area contributed by atoms with Crippen molar-refractivity contribution in [2.24, 2.45) is 11.8 Å². The molecule has 0 aromatic rings. The first-order valence-electron chi connectivity index (χ1n) is 6.74. The van der Waals surface area contributed by atoms with E-state index in [1.165, 1.54) is 0 Å². The zero-order valence-electron chi connectivity index (χ0n) is 11.3. The Morgan fingerprint density at radius 2 is 1.94 bits per heavy atom. The number of hydrogen-bond donors (Lipinski definition) is 1. The van der Waals surface area contributed by atoms with Gasteiger partial charge in [0.25, 0.3) is 0 Å². The summed E-state index contributed by atoms with van der Waals surface area (Å²) in [6.07, 6.45) is 0.102. The van der Waals surface area contributed by atoms with E-state index in [9.17, 15) is 13.2 Å². The molecule has 0 radical (unpaired) electrons. The van der Waals surface area contributed by atoms with Crippen LogP contribution in [0.2, 0.25) is 0 Å². The number of allylic oxidation sites excluding steroid dienone is 1. The fourth-order valence-electron chi connectivity index (χ4n) is 3.02. The molecule has 1 fully saturated rings. The van der Waals surface area contributed by atoms with Gasteiger partial charge in [0.2, 0.25) is 0 Å². The van der Waals surface area contributed by atoms with Gasteiger partial charge < -0.3 is 5.32 Å². The molecular formula is C14H24F3N. The average molecular weight is 263 g/mol. The van der Waals surface area contributed by atoms with Crippen molar-refractivity contribution in [3.8, 4) is 0 Å². The summed E-state index contributed by atoms with van der Waals surface area (Å²) in [7, 11) is 1.77. The Kier molecular flexibility index (Phi) is 5.70. The lowest BCUT2D eigenvalue weighted by molar-refractivity contribution is -0.199. The molecule has 0 aliphatic heterocycles. The number of alkyl halides is 3. The van der Waals surface area contributed by atoms with Crippen molar-refractivity contribution in [3.63, 3.8) is 0 Å². The molecule has 0 bridgehead atoms. The van der Waals surface area contributed by atoms with Crippen LogP contribution >= 0.6 is 0 Å². The summed E-state index contributed by atoms with van der Waals surface area (Å²) < 4.78 is 39.1. The number of rotatable bonds is 5. The SMILES string of the molecule is C=C(C)CCC(NC)C1CCCCC1C(F)(F)F. The standard InChI is InChI=1S/C14H24F3N/c1-10(2)8-9-13(18-3)11-6-4-5-7-12(11)14(15,16)17/h11-13,18H,1,4-9H2,2-3H3. The largest absolute Gasteiger partial charge is 0.392 e. The second-order valence-corrected chi connectivity index (χ2v) is 5.49. The first-order chi connectivity index (χ1) is 8.36. The van der Waals surface area contributed by atoms with E-state index in [4.69, 9.17) is 0 Å². The summed E-state index contributed by atoms with van der Waals surface area (Å²) in [6, 6.07) is -0.0476. The summed E-state index contributed by atoms with van der Waals surface area (Å²) in [5.74, 6) is -1.41. The van der Waals surface area contributed by atoms with E-state index in [-0.39, 0.29) is 12.0 Å². The zero-order valence-corrected chi connectivity index (χ0v) is 11.3. The molecule has 0 aromatic heterocycles. The predicted octanol–water partition coefficient (Wildman–Crippen LogP) is 4.30. The first-order valence-corrected chi connectivity index (χ1v) is 6.74. The lowest BCUT2D eigenvalue weighted by Gasteiger charge is -2.38. The zero-order chi connectivity index (χ0) is 13.8. The molecule has 1 aliphatic carbocycles. The van der Waals surface area contributed by atoms with Crippen molar-refractivity contribution >= 4 is 0 Å². The van der Waals surface area contributed by atoms with Crippen LogP contribution in [0.15, 0.2) is 12.2 Å². The van der Waals surface area contributed by atoms with Crippen molar-refractivity contribution in [1.29, 1.82) is 0 Å². The topological polar surface area (TPSA) is 12.0 Å². The lowest BCUT2D eigenvalue weighted by atomic mass is 9.73. The van der Waals surface area contributed by atoms with E-state index in [1.54, 1.807) is 7.05 Å². The Morgan fingerprint density at radius 1 is 1.33 bits per heavy atom. The van der Waals surface area contributed by atoms with Crippen molar-refractivity contribution in [2.45, 2.75) is 57.7 Å². The Balaban J connectivity index is 2.70. The smallest absolute Gasteiger partial charge is 0.317 e. The molecule has 3 atom stereocenters. The van der Waals surface area contributed by atoms with Gasteiger partial charge in [0.15, 0.2) is 0 Å². The molecule has 106 valence electrons. The van der Waals surface area contributed by atoms with E-state index < -0.39 is 12.1 Å². The van der Waals surface area contributed by atoms with Gasteiger partial charge in [-0.25, -0.2) is 0 Å². The Bertz CT molecular complexity index is 273. The first kappa shape index (κ1) is 15.5. The van der Waals surface area contributed by atoms with Crippen LogP contribution in [-0.4, -0.2) is 19.3 Å². The van der Waals surface area contributed by atoms with Gasteiger partial charge >= 0.3 is 6.18 Å². The highest BCUT2D eigenvalue weighted by Crippen LogP contribution is 2.43. The van der Waals surface area contributed by atoms with Crippen molar-refractivity contribution in [2.75, 3.05) is 7.05 Å². The fourth-order valence-corrected chi connectivity index (χ4v) is 3.02. The monoisotopic (exact) mass is 263 g/mol. The van der Waals surface area contributed by atoms with Gasteiger partial charge in [0.05, 0.1) is 5.92 Å². The van der Waals surface area contributed by atoms with Crippen LogP contribution in [0.3, 0.4) is 0 Å². The quantitative estimate of drug-likeness (QED) is 0.729. The van der Waals surface area contributed by atoms with E-state index in [1.807, 2.05) is 6.92 Å². The number of nitrogens with one attached hydrogen (secondary N) is 1. The molecule has 0 amide bonds. The van der Waals surface area contributed by atoms with Gasteiger partial charge in [-0.3, -0.25) is 0 Å². The van der Waals surface area contributed by atoms with Crippen LogP contribution < -0.4 is 5.32 Å². The minimum atomic E-state index is -4.05. The third kappa shape index (κ3) is 4.30. The summed E-state index contributed by atoms with van der Waals surface area (Å²) in [6.45, 7) is 5.75. The molecule has 1 N–H and O–H groups in total. The molecule has 0 heterocycles. The fraction of sp³-hybridized carbons (Fsp3) is 0.857. The molecule has 18 heavy (non-hydrogen) atoms. The second-order valence-electron chi connectivity index (χ2n) is 5.49. The van der Waals surface area contributed by atoms with Crippen molar-refractivity contribution in [1.82, 2.24) is 5.32 Å². The molecule has 3 unspecified atom stereocenters. The molecule has 0 aromatic carbocycles.